The molecular weight excluding hydrogens is 288 g/mol. The van der Waals surface area contributed by atoms with Crippen LogP contribution in [0, 0.1) is 5.41 Å². The van der Waals surface area contributed by atoms with E-state index in [1.54, 1.807) is 0 Å². The molecular formula is C16H25ClN2O2. The van der Waals surface area contributed by atoms with Crippen LogP contribution in [0.4, 0.5) is 0 Å². The van der Waals surface area contributed by atoms with Gasteiger partial charge in [-0.05, 0) is 42.6 Å². The first-order valence-electron chi connectivity index (χ1n) is 7.50. The maximum Gasteiger partial charge on any atom is 0.231 e. The lowest BCUT2D eigenvalue weighted by molar-refractivity contribution is 0.173. The van der Waals surface area contributed by atoms with Gasteiger partial charge in [0.1, 0.15) is 0 Å². The molecule has 21 heavy (non-hydrogen) atoms. The number of nitrogens with zero attached hydrogens (tertiary/aromatic N) is 1. The van der Waals surface area contributed by atoms with Gasteiger partial charge in [0.05, 0.1) is 0 Å². The number of nitrogens with one attached hydrogen (secondary N) is 1. The summed E-state index contributed by atoms with van der Waals surface area (Å²) in [4.78, 5) is 2.52. The minimum Gasteiger partial charge on any atom is -0.454 e. The van der Waals surface area contributed by atoms with Crippen molar-refractivity contribution in [1.29, 1.82) is 0 Å². The highest BCUT2D eigenvalue weighted by molar-refractivity contribution is 5.85. The number of benzene rings is 1. The summed E-state index contributed by atoms with van der Waals surface area (Å²) in [5.41, 5.74) is 1.71. The van der Waals surface area contributed by atoms with E-state index in [9.17, 15) is 0 Å². The van der Waals surface area contributed by atoms with Gasteiger partial charge in [-0.1, -0.05) is 19.9 Å². The molecule has 0 aliphatic carbocycles. The third-order valence-electron chi connectivity index (χ3n) is 4.35. The van der Waals surface area contributed by atoms with Crippen molar-refractivity contribution in [2.45, 2.75) is 26.8 Å². The Labute approximate surface area is 133 Å². The number of fused-ring (bicyclic) bond motifs is 1. The van der Waals surface area contributed by atoms with Gasteiger partial charge in [-0.15, -0.1) is 12.4 Å². The van der Waals surface area contributed by atoms with Crippen molar-refractivity contribution < 1.29 is 9.47 Å². The van der Waals surface area contributed by atoms with Crippen molar-refractivity contribution in [3.05, 3.63) is 23.8 Å². The van der Waals surface area contributed by atoms with E-state index in [1.165, 1.54) is 12.0 Å². The molecule has 5 heteroatoms. The predicted molar refractivity (Wildman–Crippen MR) is 86.4 cm³/mol. The first-order valence-corrected chi connectivity index (χ1v) is 7.50. The molecule has 3 rings (SSSR count). The molecule has 1 saturated heterocycles. The number of rotatable bonds is 5. The van der Waals surface area contributed by atoms with Gasteiger partial charge in [-0.2, -0.15) is 0 Å². The monoisotopic (exact) mass is 312 g/mol. The van der Waals surface area contributed by atoms with E-state index < -0.39 is 0 Å². The summed E-state index contributed by atoms with van der Waals surface area (Å²) in [5, 5.41) is 3.48. The molecule has 1 N–H and O–H groups in total. The van der Waals surface area contributed by atoms with Gasteiger partial charge in [-0.25, -0.2) is 0 Å². The van der Waals surface area contributed by atoms with Crippen LogP contribution in [-0.4, -0.2) is 37.9 Å². The summed E-state index contributed by atoms with van der Waals surface area (Å²) in [5.74, 6) is 1.75. The molecule has 0 amide bonds. The topological polar surface area (TPSA) is 33.7 Å². The zero-order chi connectivity index (χ0) is 14.0. The Balaban J connectivity index is 0.00000161. The molecule has 0 spiro atoms. The summed E-state index contributed by atoms with van der Waals surface area (Å²) in [7, 11) is 0. The third kappa shape index (κ3) is 3.82. The Morgan fingerprint density at radius 2 is 2.10 bits per heavy atom. The quantitative estimate of drug-likeness (QED) is 0.906. The lowest BCUT2D eigenvalue weighted by Gasteiger charge is -2.31. The molecule has 0 bridgehead atoms. The molecule has 0 saturated carbocycles. The predicted octanol–water partition coefficient (Wildman–Crippen LogP) is 2.66. The second-order valence-electron chi connectivity index (χ2n) is 6.23. The zero-order valence-electron chi connectivity index (χ0n) is 12.9. The standard InChI is InChI=1S/C16H24N2O2.ClH/c1-3-18(11-16(2)6-7-17-10-16)9-13-4-5-14-15(8-13)20-12-19-14;/h4-5,8,17H,3,6-7,9-12H2,1-2H3;1H. The summed E-state index contributed by atoms with van der Waals surface area (Å²) in [6, 6.07) is 6.27. The largest absolute Gasteiger partial charge is 0.454 e. The number of halogens is 1. The molecule has 0 aromatic heterocycles. The van der Waals surface area contributed by atoms with E-state index >= 15 is 0 Å². The maximum atomic E-state index is 5.46. The normalized spacial score (nSPS) is 23.4. The van der Waals surface area contributed by atoms with E-state index in [0.29, 0.717) is 12.2 Å². The van der Waals surface area contributed by atoms with E-state index in [2.05, 4.69) is 36.2 Å². The molecule has 2 heterocycles. The summed E-state index contributed by atoms with van der Waals surface area (Å²) in [6.45, 7) is 10.4. The fraction of sp³-hybridized carbons (Fsp3) is 0.625. The molecule has 1 unspecified atom stereocenters. The SMILES string of the molecule is CCN(Cc1ccc2c(c1)OCO2)CC1(C)CCNC1.Cl. The van der Waals surface area contributed by atoms with Crippen LogP contribution in [0.25, 0.3) is 0 Å². The Morgan fingerprint density at radius 3 is 2.81 bits per heavy atom. The van der Waals surface area contributed by atoms with Crippen molar-refractivity contribution in [2.75, 3.05) is 33.0 Å². The zero-order valence-corrected chi connectivity index (χ0v) is 13.7. The van der Waals surface area contributed by atoms with E-state index in [4.69, 9.17) is 9.47 Å². The first-order chi connectivity index (χ1) is 9.68. The number of hydrogen-bond acceptors (Lipinski definition) is 4. The molecule has 1 fully saturated rings. The van der Waals surface area contributed by atoms with E-state index in [0.717, 1.165) is 44.2 Å². The van der Waals surface area contributed by atoms with Crippen molar-refractivity contribution in [3.8, 4) is 11.5 Å². The lowest BCUT2D eigenvalue weighted by atomic mass is 9.89. The minimum absolute atomic E-state index is 0. The van der Waals surface area contributed by atoms with E-state index in [1.807, 2.05) is 6.07 Å². The summed E-state index contributed by atoms with van der Waals surface area (Å²) in [6.07, 6.45) is 1.27. The van der Waals surface area contributed by atoms with Crippen LogP contribution in [0.1, 0.15) is 25.8 Å². The third-order valence-corrected chi connectivity index (χ3v) is 4.35. The highest BCUT2D eigenvalue weighted by Crippen LogP contribution is 2.33. The molecule has 4 nitrogen and oxygen atoms in total. The fourth-order valence-corrected chi connectivity index (χ4v) is 3.12. The second kappa shape index (κ2) is 6.86. The lowest BCUT2D eigenvalue weighted by Crippen LogP contribution is -2.37. The Morgan fingerprint density at radius 1 is 1.29 bits per heavy atom. The van der Waals surface area contributed by atoms with Gasteiger partial charge >= 0.3 is 0 Å². The first kappa shape index (κ1) is 16.4. The average molecular weight is 313 g/mol. The molecule has 0 radical (unpaired) electrons. The molecule has 118 valence electrons. The van der Waals surface area contributed by atoms with Crippen LogP contribution in [0.2, 0.25) is 0 Å². The Kier molecular flexibility index (Phi) is 5.36. The van der Waals surface area contributed by atoms with Crippen LogP contribution in [0.5, 0.6) is 11.5 Å². The van der Waals surface area contributed by atoms with Crippen molar-refractivity contribution in [2.24, 2.45) is 5.41 Å². The van der Waals surface area contributed by atoms with Crippen LogP contribution in [0.15, 0.2) is 18.2 Å². The van der Waals surface area contributed by atoms with E-state index in [-0.39, 0.29) is 12.4 Å². The van der Waals surface area contributed by atoms with Gasteiger partial charge in [0.2, 0.25) is 6.79 Å². The molecule has 2 aliphatic heterocycles. The van der Waals surface area contributed by atoms with Crippen LogP contribution >= 0.6 is 12.4 Å². The van der Waals surface area contributed by atoms with Crippen molar-refractivity contribution >= 4 is 12.4 Å². The highest BCUT2D eigenvalue weighted by atomic mass is 35.5. The van der Waals surface area contributed by atoms with Crippen molar-refractivity contribution in [3.63, 3.8) is 0 Å². The van der Waals surface area contributed by atoms with Crippen LogP contribution in [0.3, 0.4) is 0 Å². The number of ether oxygens (including phenoxy) is 2. The molecule has 1 atom stereocenters. The van der Waals surface area contributed by atoms with Crippen LogP contribution < -0.4 is 14.8 Å². The fourth-order valence-electron chi connectivity index (χ4n) is 3.12. The maximum absolute atomic E-state index is 5.46. The highest BCUT2D eigenvalue weighted by Gasteiger charge is 2.30. The van der Waals surface area contributed by atoms with Gasteiger partial charge in [0.25, 0.3) is 0 Å². The molecule has 1 aromatic rings. The van der Waals surface area contributed by atoms with Crippen LogP contribution in [-0.2, 0) is 6.54 Å². The minimum atomic E-state index is 0. The van der Waals surface area contributed by atoms with Gasteiger partial charge in [0.15, 0.2) is 11.5 Å². The average Bonchev–Trinajstić information content (AvgIpc) is 3.06. The smallest absolute Gasteiger partial charge is 0.231 e. The Hall–Kier alpha value is -0.970. The number of hydrogen-bond donors (Lipinski definition) is 1. The van der Waals surface area contributed by atoms with Gasteiger partial charge in [-0.3, -0.25) is 4.90 Å². The van der Waals surface area contributed by atoms with Crippen molar-refractivity contribution in [1.82, 2.24) is 10.2 Å². The van der Waals surface area contributed by atoms with Gasteiger partial charge < -0.3 is 14.8 Å². The summed E-state index contributed by atoms with van der Waals surface area (Å²) < 4.78 is 10.8. The second-order valence-corrected chi connectivity index (χ2v) is 6.23. The summed E-state index contributed by atoms with van der Waals surface area (Å²) >= 11 is 0. The Bertz CT molecular complexity index is 475. The van der Waals surface area contributed by atoms with Gasteiger partial charge in [0, 0.05) is 19.6 Å². The molecule has 2 aliphatic rings. The molecule has 1 aromatic carbocycles.